The van der Waals surface area contributed by atoms with E-state index in [4.69, 9.17) is 4.74 Å². The zero-order valence-corrected chi connectivity index (χ0v) is 16.1. The molecule has 0 saturated carbocycles. The number of alkyl halides is 3. The number of rotatable bonds is 5. The van der Waals surface area contributed by atoms with Crippen molar-refractivity contribution in [3.63, 3.8) is 0 Å². The summed E-state index contributed by atoms with van der Waals surface area (Å²) in [6.45, 7) is 0. The topological polar surface area (TPSA) is 108 Å². The van der Waals surface area contributed by atoms with Crippen LogP contribution in [0.4, 0.5) is 18.0 Å². The molecule has 1 N–H and O–H groups in total. The van der Waals surface area contributed by atoms with Gasteiger partial charge in [-0.15, -0.1) is 0 Å². The van der Waals surface area contributed by atoms with Gasteiger partial charge in [0.2, 0.25) is 0 Å². The van der Waals surface area contributed by atoms with E-state index in [0.717, 1.165) is 6.20 Å². The van der Waals surface area contributed by atoms with Gasteiger partial charge in [0.05, 0.1) is 17.6 Å². The maximum atomic E-state index is 13.7. The Balaban J connectivity index is 1.63. The molecule has 0 fully saturated rings. The summed E-state index contributed by atoms with van der Waals surface area (Å²) >= 11 is 0. The largest absolute Gasteiger partial charge is 0.437 e. The number of nitrogens with one attached hydrogen (secondary N) is 1. The first-order valence-electron chi connectivity index (χ1n) is 9.16. The van der Waals surface area contributed by atoms with Crippen LogP contribution in [0.2, 0.25) is 0 Å². The van der Waals surface area contributed by atoms with Crippen LogP contribution in [-0.4, -0.2) is 35.8 Å². The first kappa shape index (κ1) is 20.9. The van der Waals surface area contributed by atoms with Gasteiger partial charge in [-0.3, -0.25) is 9.97 Å². The van der Waals surface area contributed by atoms with E-state index in [1.54, 1.807) is 36.4 Å². The summed E-state index contributed by atoms with van der Waals surface area (Å²) in [5.41, 5.74) is -0.480. The van der Waals surface area contributed by atoms with E-state index in [-0.39, 0.29) is 5.95 Å². The smallest absolute Gasteiger partial charge is 0.406 e. The van der Waals surface area contributed by atoms with Crippen molar-refractivity contribution in [1.29, 1.82) is 0 Å². The van der Waals surface area contributed by atoms with Crippen LogP contribution < -0.4 is 10.1 Å². The summed E-state index contributed by atoms with van der Waals surface area (Å²) in [7, 11) is 0. The van der Waals surface area contributed by atoms with Crippen LogP contribution in [-0.2, 0) is 6.18 Å². The Morgan fingerprint density at radius 3 is 2.03 bits per heavy atom. The highest BCUT2D eigenvalue weighted by Crippen LogP contribution is 2.37. The molecule has 0 radical (unpaired) electrons. The van der Waals surface area contributed by atoms with Crippen LogP contribution in [0.15, 0.2) is 73.4 Å². The lowest BCUT2D eigenvalue weighted by molar-refractivity contribution is -0.143. The first-order chi connectivity index (χ1) is 15.4. The molecular weight excluding hydrogens is 427 g/mol. The normalized spacial score (nSPS) is 11.4. The van der Waals surface area contributed by atoms with Gasteiger partial charge in [-0.05, 0) is 30.3 Å². The number of carbonyl (C=O) groups is 1. The number of pyridine rings is 2. The highest BCUT2D eigenvalue weighted by Gasteiger charge is 2.41. The third kappa shape index (κ3) is 4.53. The molecule has 9 nitrogen and oxygen atoms in total. The number of amides is 1. The van der Waals surface area contributed by atoms with Crippen LogP contribution >= 0.6 is 0 Å². The van der Waals surface area contributed by atoms with Gasteiger partial charge in [0.1, 0.15) is 6.04 Å². The van der Waals surface area contributed by atoms with Gasteiger partial charge in [0.15, 0.2) is 11.4 Å². The third-order valence-electron chi connectivity index (χ3n) is 4.18. The SMILES string of the molecule is O=C(NC(c1ccccn1)c1ccccn1)Oc1cnn(-c2ncccn2)c1C(F)(F)F. The van der Waals surface area contributed by atoms with Gasteiger partial charge in [0.25, 0.3) is 5.95 Å². The predicted octanol–water partition coefficient (Wildman–Crippen LogP) is 3.35. The van der Waals surface area contributed by atoms with E-state index >= 15 is 0 Å². The highest BCUT2D eigenvalue weighted by molar-refractivity contribution is 5.71. The first-order valence-corrected chi connectivity index (χ1v) is 9.16. The Morgan fingerprint density at radius 1 is 0.906 bits per heavy atom. The van der Waals surface area contributed by atoms with Crippen molar-refractivity contribution in [1.82, 2.24) is 35.0 Å². The summed E-state index contributed by atoms with van der Waals surface area (Å²) in [6.07, 6.45) is 0.296. The third-order valence-corrected chi connectivity index (χ3v) is 4.18. The second kappa shape index (κ2) is 8.79. The Hall–Kier alpha value is -4.35. The molecule has 0 bridgehead atoms. The fourth-order valence-corrected chi connectivity index (χ4v) is 2.86. The second-order valence-corrected chi connectivity index (χ2v) is 6.29. The van der Waals surface area contributed by atoms with Crippen molar-refractivity contribution < 1.29 is 22.7 Å². The predicted molar refractivity (Wildman–Crippen MR) is 104 cm³/mol. The van der Waals surface area contributed by atoms with Gasteiger partial charge >= 0.3 is 12.3 Å². The van der Waals surface area contributed by atoms with Gasteiger partial charge in [-0.1, -0.05) is 12.1 Å². The molecule has 4 heterocycles. The van der Waals surface area contributed by atoms with Gasteiger partial charge < -0.3 is 10.1 Å². The van der Waals surface area contributed by atoms with Crippen molar-refractivity contribution in [2.75, 3.05) is 0 Å². The molecule has 162 valence electrons. The highest BCUT2D eigenvalue weighted by atomic mass is 19.4. The van der Waals surface area contributed by atoms with E-state index in [9.17, 15) is 18.0 Å². The van der Waals surface area contributed by atoms with Crippen LogP contribution in [0.3, 0.4) is 0 Å². The monoisotopic (exact) mass is 441 g/mol. The Kier molecular flexibility index (Phi) is 5.75. The summed E-state index contributed by atoms with van der Waals surface area (Å²) in [5.74, 6) is -1.13. The molecule has 12 heteroatoms. The minimum Gasteiger partial charge on any atom is -0.406 e. The average molecular weight is 441 g/mol. The zero-order valence-electron chi connectivity index (χ0n) is 16.1. The molecule has 0 aliphatic heterocycles. The number of carbonyl (C=O) groups excluding carboxylic acids is 1. The molecule has 32 heavy (non-hydrogen) atoms. The minimum atomic E-state index is -4.90. The van der Waals surface area contributed by atoms with Crippen LogP contribution in [0.1, 0.15) is 23.1 Å². The summed E-state index contributed by atoms with van der Waals surface area (Å²) in [4.78, 5) is 28.5. The molecule has 0 aromatic carbocycles. The minimum absolute atomic E-state index is 0.324. The fraction of sp³-hybridized carbons (Fsp3) is 0.100. The van der Waals surface area contributed by atoms with E-state index < -0.39 is 29.8 Å². The Labute approximate surface area is 179 Å². The maximum Gasteiger partial charge on any atom is 0.437 e. The van der Waals surface area contributed by atoms with Crippen LogP contribution in [0.25, 0.3) is 5.95 Å². The molecule has 0 saturated heterocycles. The van der Waals surface area contributed by atoms with E-state index in [2.05, 4.69) is 30.4 Å². The van der Waals surface area contributed by atoms with E-state index in [0.29, 0.717) is 16.1 Å². The molecule has 4 aromatic rings. The lowest BCUT2D eigenvalue weighted by Gasteiger charge is -2.18. The van der Waals surface area contributed by atoms with Crippen molar-refractivity contribution in [3.8, 4) is 11.7 Å². The van der Waals surface area contributed by atoms with Crippen molar-refractivity contribution >= 4 is 6.09 Å². The van der Waals surface area contributed by atoms with Crippen molar-refractivity contribution in [2.45, 2.75) is 12.2 Å². The van der Waals surface area contributed by atoms with Gasteiger partial charge in [-0.25, -0.2) is 14.8 Å². The lowest BCUT2D eigenvalue weighted by Crippen LogP contribution is -2.33. The Morgan fingerprint density at radius 2 is 1.50 bits per heavy atom. The number of nitrogens with zero attached hydrogens (tertiary/aromatic N) is 6. The molecule has 4 rings (SSSR count). The fourth-order valence-electron chi connectivity index (χ4n) is 2.86. The van der Waals surface area contributed by atoms with Crippen molar-refractivity contribution in [3.05, 3.63) is 90.5 Å². The molecule has 0 aliphatic carbocycles. The molecule has 1 amide bonds. The van der Waals surface area contributed by atoms with Crippen molar-refractivity contribution in [2.24, 2.45) is 0 Å². The molecular formula is C20H14F3N7O2. The number of halogens is 3. The Bertz CT molecular complexity index is 1150. The van der Waals surface area contributed by atoms with E-state index in [1.165, 1.54) is 30.9 Å². The van der Waals surface area contributed by atoms with Gasteiger partial charge in [0, 0.05) is 24.8 Å². The molecule has 0 spiro atoms. The average Bonchev–Trinajstić information content (AvgIpc) is 3.23. The second-order valence-electron chi connectivity index (χ2n) is 6.29. The molecule has 0 aliphatic rings. The van der Waals surface area contributed by atoms with Gasteiger partial charge in [-0.2, -0.15) is 23.0 Å². The summed E-state index contributed by atoms with van der Waals surface area (Å²) in [5, 5.41) is 6.15. The van der Waals surface area contributed by atoms with Crippen LogP contribution in [0.5, 0.6) is 5.75 Å². The molecule has 0 atom stereocenters. The molecule has 0 unspecified atom stereocenters. The summed E-state index contributed by atoms with van der Waals surface area (Å²) in [6, 6.07) is 10.7. The van der Waals surface area contributed by atoms with Crippen LogP contribution in [0, 0.1) is 0 Å². The number of ether oxygens (including phenoxy) is 1. The standard InChI is InChI=1S/C20H14F3N7O2/c21-20(22,23)17-15(12-28-30(17)18-26-10-5-11-27-18)32-19(31)29-16(13-6-1-3-8-24-13)14-7-2-4-9-25-14/h1-12,16H,(H,29,31). The quantitative estimate of drug-likeness (QED) is 0.506. The van der Waals surface area contributed by atoms with E-state index in [1.807, 2.05) is 0 Å². The summed E-state index contributed by atoms with van der Waals surface area (Å²) < 4.78 is 46.6. The maximum absolute atomic E-state index is 13.7. The number of aromatic nitrogens is 6. The lowest BCUT2D eigenvalue weighted by atomic mass is 10.1. The number of hydrogen-bond donors (Lipinski definition) is 1. The zero-order chi connectivity index (χ0) is 22.6. The molecule has 4 aromatic heterocycles. The number of hydrogen-bond acceptors (Lipinski definition) is 7.